The number of nitrogens with zero attached hydrogens (tertiary/aromatic N) is 1. The average Bonchev–Trinajstić information content (AvgIpc) is 2.60. The number of aryl methyl sites for hydroxylation is 1. The molecule has 1 atom stereocenters. The van der Waals surface area contributed by atoms with Gasteiger partial charge in [0, 0.05) is 30.6 Å². The van der Waals surface area contributed by atoms with Crippen LogP contribution in [0, 0.1) is 0 Å². The van der Waals surface area contributed by atoms with E-state index in [9.17, 15) is 9.59 Å². The fourth-order valence-electron chi connectivity index (χ4n) is 3.20. The van der Waals surface area contributed by atoms with E-state index in [1.54, 1.807) is 13.0 Å². The summed E-state index contributed by atoms with van der Waals surface area (Å²) < 4.78 is 11.1. The molecule has 2 aromatic rings. The first-order valence-electron chi connectivity index (χ1n) is 8.60. The second-order valence-electron chi connectivity index (χ2n) is 6.25. The zero-order valence-electron chi connectivity index (χ0n) is 14.2. The number of carbonyl (C=O) groups excluding carboxylic acids is 1. The topological polar surface area (TPSA) is 59.8 Å². The van der Waals surface area contributed by atoms with Crippen molar-refractivity contribution < 1.29 is 13.9 Å². The SMILES string of the molecule is CCc1cc(=O)oc2cc(O[C@H](C)C(=O)N3CCCCC3)ccc12. The number of rotatable bonds is 4. The van der Waals surface area contributed by atoms with Crippen LogP contribution in [0.3, 0.4) is 0 Å². The molecule has 0 saturated carbocycles. The highest BCUT2D eigenvalue weighted by atomic mass is 16.5. The molecule has 2 heterocycles. The molecule has 0 N–H and O–H groups in total. The molecule has 24 heavy (non-hydrogen) atoms. The molecule has 3 rings (SSSR count). The minimum absolute atomic E-state index is 0.0126. The summed E-state index contributed by atoms with van der Waals surface area (Å²) >= 11 is 0. The number of carbonyl (C=O) groups is 1. The molecule has 5 nitrogen and oxygen atoms in total. The molecule has 5 heteroatoms. The molecule has 128 valence electrons. The van der Waals surface area contributed by atoms with Crippen LogP contribution in [0.15, 0.2) is 33.5 Å². The van der Waals surface area contributed by atoms with Crippen molar-refractivity contribution >= 4 is 16.9 Å². The fourth-order valence-corrected chi connectivity index (χ4v) is 3.20. The number of hydrogen-bond donors (Lipinski definition) is 0. The minimum atomic E-state index is -0.554. The van der Waals surface area contributed by atoms with Crippen molar-refractivity contribution in [1.82, 2.24) is 4.90 Å². The van der Waals surface area contributed by atoms with Crippen molar-refractivity contribution in [1.29, 1.82) is 0 Å². The highest BCUT2D eigenvalue weighted by Crippen LogP contribution is 2.24. The summed E-state index contributed by atoms with van der Waals surface area (Å²) in [6.45, 7) is 5.37. The van der Waals surface area contributed by atoms with E-state index >= 15 is 0 Å². The van der Waals surface area contributed by atoms with Crippen LogP contribution in [-0.4, -0.2) is 30.0 Å². The Bertz CT molecular complexity index is 790. The zero-order chi connectivity index (χ0) is 17.1. The van der Waals surface area contributed by atoms with Gasteiger partial charge in [-0.3, -0.25) is 4.79 Å². The molecule has 1 aromatic heterocycles. The van der Waals surface area contributed by atoms with Gasteiger partial charge >= 0.3 is 5.63 Å². The number of ether oxygens (including phenoxy) is 1. The monoisotopic (exact) mass is 329 g/mol. The average molecular weight is 329 g/mol. The van der Waals surface area contributed by atoms with Crippen molar-refractivity contribution in [3.05, 3.63) is 40.2 Å². The molecule has 0 bridgehead atoms. The first-order valence-corrected chi connectivity index (χ1v) is 8.60. The highest BCUT2D eigenvalue weighted by Gasteiger charge is 2.23. The molecule has 1 aliphatic rings. The number of benzene rings is 1. The van der Waals surface area contributed by atoms with Gasteiger partial charge in [0.25, 0.3) is 5.91 Å². The summed E-state index contributed by atoms with van der Waals surface area (Å²) in [5.41, 5.74) is 1.08. The molecule has 1 aliphatic heterocycles. The number of likely N-dealkylation sites (tertiary alicyclic amines) is 1. The van der Waals surface area contributed by atoms with E-state index < -0.39 is 6.10 Å². The van der Waals surface area contributed by atoms with Gasteiger partial charge < -0.3 is 14.1 Å². The maximum absolute atomic E-state index is 12.4. The van der Waals surface area contributed by atoms with Crippen LogP contribution >= 0.6 is 0 Å². The lowest BCUT2D eigenvalue weighted by Gasteiger charge is -2.29. The Hall–Kier alpha value is -2.30. The summed E-state index contributed by atoms with van der Waals surface area (Å²) in [5, 5.41) is 0.902. The number of piperidine rings is 1. The molecule has 1 saturated heterocycles. The number of amides is 1. The van der Waals surface area contributed by atoms with E-state index in [0.29, 0.717) is 11.3 Å². The number of fused-ring (bicyclic) bond motifs is 1. The van der Waals surface area contributed by atoms with Crippen LogP contribution < -0.4 is 10.4 Å². The van der Waals surface area contributed by atoms with Crippen molar-refractivity contribution in [2.75, 3.05) is 13.1 Å². The van der Waals surface area contributed by atoms with Crippen LogP contribution in [0.5, 0.6) is 5.75 Å². The Kier molecular flexibility index (Phi) is 4.88. The second kappa shape index (κ2) is 7.07. The van der Waals surface area contributed by atoms with Crippen molar-refractivity contribution in [3.63, 3.8) is 0 Å². The second-order valence-corrected chi connectivity index (χ2v) is 6.25. The Labute approximate surface area is 141 Å². The van der Waals surface area contributed by atoms with Gasteiger partial charge in [-0.2, -0.15) is 0 Å². The third-order valence-corrected chi connectivity index (χ3v) is 4.51. The van der Waals surface area contributed by atoms with E-state index in [1.165, 1.54) is 12.5 Å². The predicted octanol–water partition coefficient (Wildman–Crippen LogP) is 3.14. The van der Waals surface area contributed by atoms with Gasteiger partial charge in [-0.05, 0) is 50.3 Å². The predicted molar refractivity (Wildman–Crippen MR) is 92.4 cm³/mol. The highest BCUT2D eigenvalue weighted by molar-refractivity contribution is 5.83. The Morgan fingerprint density at radius 2 is 2.00 bits per heavy atom. The van der Waals surface area contributed by atoms with E-state index in [-0.39, 0.29) is 11.5 Å². The Morgan fingerprint density at radius 1 is 1.25 bits per heavy atom. The molecule has 1 fully saturated rings. The van der Waals surface area contributed by atoms with E-state index in [0.717, 1.165) is 43.3 Å². The summed E-state index contributed by atoms with van der Waals surface area (Å²) in [6.07, 6.45) is 3.49. The minimum Gasteiger partial charge on any atom is -0.481 e. The third-order valence-electron chi connectivity index (χ3n) is 4.51. The van der Waals surface area contributed by atoms with E-state index in [4.69, 9.17) is 9.15 Å². The van der Waals surface area contributed by atoms with Gasteiger partial charge in [-0.15, -0.1) is 0 Å². The van der Waals surface area contributed by atoms with Crippen LogP contribution in [0.2, 0.25) is 0 Å². The molecular weight excluding hydrogens is 306 g/mol. The molecule has 0 aliphatic carbocycles. The lowest BCUT2D eigenvalue weighted by Crippen LogP contribution is -2.43. The van der Waals surface area contributed by atoms with E-state index in [2.05, 4.69) is 0 Å². The fraction of sp³-hybridized carbons (Fsp3) is 0.474. The Balaban J connectivity index is 1.79. The standard InChI is InChI=1S/C19H23NO4/c1-3-14-11-18(21)24-17-12-15(7-8-16(14)17)23-13(2)19(22)20-9-5-4-6-10-20/h7-8,11-13H,3-6,9-10H2,1-2H3/t13-/m1/s1. The first kappa shape index (κ1) is 16.6. The van der Waals surface area contributed by atoms with Gasteiger partial charge in [0.05, 0.1) is 0 Å². The summed E-state index contributed by atoms with van der Waals surface area (Å²) in [7, 11) is 0. The smallest absolute Gasteiger partial charge is 0.336 e. The molecule has 1 amide bonds. The van der Waals surface area contributed by atoms with Crippen molar-refractivity contribution in [2.24, 2.45) is 0 Å². The largest absolute Gasteiger partial charge is 0.481 e. The molecule has 0 unspecified atom stereocenters. The normalized spacial score (nSPS) is 16.2. The van der Waals surface area contributed by atoms with Crippen molar-refractivity contribution in [2.45, 2.75) is 45.6 Å². The maximum Gasteiger partial charge on any atom is 0.336 e. The van der Waals surface area contributed by atoms with Gasteiger partial charge in [-0.25, -0.2) is 4.79 Å². The zero-order valence-corrected chi connectivity index (χ0v) is 14.2. The molecular formula is C19H23NO4. The first-order chi connectivity index (χ1) is 11.6. The van der Waals surface area contributed by atoms with Crippen LogP contribution in [-0.2, 0) is 11.2 Å². The van der Waals surface area contributed by atoms with Crippen LogP contribution in [0.4, 0.5) is 0 Å². The van der Waals surface area contributed by atoms with Gasteiger partial charge in [0.1, 0.15) is 11.3 Å². The van der Waals surface area contributed by atoms with Gasteiger partial charge in [-0.1, -0.05) is 6.92 Å². The summed E-state index contributed by atoms with van der Waals surface area (Å²) in [5.74, 6) is 0.551. The lowest BCUT2D eigenvalue weighted by atomic mass is 10.1. The van der Waals surface area contributed by atoms with Gasteiger partial charge in [0.2, 0.25) is 0 Å². The van der Waals surface area contributed by atoms with Crippen LogP contribution in [0.25, 0.3) is 11.0 Å². The lowest BCUT2D eigenvalue weighted by molar-refractivity contribution is -0.138. The van der Waals surface area contributed by atoms with Gasteiger partial charge in [0.15, 0.2) is 6.10 Å². The Morgan fingerprint density at radius 3 is 2.71 bits per heavy atom. The molecule has 0 spiro atoms. The molecule has 1 aromatic carbocycles. The summed E-state index contributed by atoms with van der Waals surface area (Å²) in [6, 6.07) is 6.91. The van der Waals surface area contributed by atoms with E-state index in [1.807, 2.05) is 24.0 Å². The summed E-state index contributed by atoms with van der Waals surface area (Å²) in [4.78, 5) is 26.0. The maximum atomic E-state index is 12.4. The molecule has 0 radical (unpaired) electrons. The van der Waals surface area contributed by atoms with Crippen LogP contribution in [0.1, 0.15) is 38.7 Å². The van der Waals surface area contributed by atoms with Crippen molar-refractivity contribution in [3.8, 4) is 5.75 Å². The quantitative estimate of drug-likeness (QED) is 0.809. The third kappa shape index (κ3) is 3.45. The number of hydrogen-bond acceptors (Lipinski definition) is 4.